The van der Waals surface area contributed by atoms with E-state index in [1.54, 1.807) is 17.0 Å². The molecule has 0 aromatic carbocycles. The van der Waals surface area contributed by atoms with Crippen LogP contribution in [0.2, 0.25) is 0 Å². The van der Waals surface area contributed by atoms with Crippen LogP contribution in [0.4, 0.5) is 4.39 Å². The van der Waals surface area contributed by atoms with Gasteiger partial charge in [0.25, 0.3) is 0 Å². The van der Waals surface area contributed by atoms with Gasteiger partial charge in [-0.25, -0.2) is 13.9 Å². The van der Waals surface area contributed by atoms with Crippen molar-refractivity contribution < 1.29 is 4.39 Å². The number of rotatable bonds is 2. The summed E-state index contributed by atoms with van der Waals surface area (Å²) >= 11 is 0. The first-order chi connectivity index (χ1) is 10.5. The predicted molar refractivity (Wildman–Crippen MR) is 75.4 cm³/mol. The molecular formula is C15H16FN5O. The molecule has 0 amide bonds. The SMILES string of the molecule is Cc1cnc([C@@H]2CCc3nn(C45CC(F)(C4)C5)c(=O)n32)cn1. The number of hydrogen-bond donors (Lipinski definition) is 0. The molecule has 4 aliphatic rings. The standard InChI is InChI=1S/C15H16FN5O/c1-9-4-18-10(5-17-9)11-2-3-12-19-21(13(22)20(11)12)15-6-14(16,7-15)8-15/h4-5,11H,2-3,6-8H2,1H3/t11-,14?,15?/m0/s1. The Morgan fingerprint density at radius 3 is 2.68 bits per heavy atom. The number of fused-ring (bicyclic) bond motifs is 1. The van der Waals surface area contributed by atoms with Crippen LogP contribution in [0.15, 0.2) is 17.2 Å². The molecule has 0 unspecified atom stereocenters. The number of alkyl halides is 1. The van der Waals surface area contributed by atoms with Gasteiger partial charge in [0, 0.05) is 31.9 Å². The third-order valence-corrected chi connectivity index (χ3v) is 5.36. The van der Waals surface area contributed by atoms with E-state index < -0.39 is 5.67 Å². The molecule has 2 bridgehead atoms. The van der Waals surface area contributed by atoms with E-state index in [1.165, 1.54) is 4.68 Å². The summed E-state index contributed by atoms with van der Waals surface area (Å²) in [6.07, 6.45) is 6.32. The molecular weight excluding hydrogens is 285 g/mol. The summed E-state index contributed by atoms with van der Waals surface area (Å²) in [5.41, 5.74) is 0.140. The Hall–Kier alpha value is -2.05. The van der Waals surface area contributed by atoms with Crippen LogP contribution in [0, 0.1) is 6.92 Å². The van der Waals surface area contributed by atoms with Gasteiger partial charge in [-0.05, 0) is 13.3 Å². The monoisotopic (exact) mass is 301 g/mol. The van der Waals surface area contributed by atoms with Crippen LogP contribution < -0.4 is 5.69 Å². The molecule has 6 rings (SSSR count). The zero-order valence-corrected chi connectivity index (χ0v) is 12.3. The molecule has 3 heterocycles. The summed E-state index contributed by atoms with van der Waals surface area (Å²) in [5, 5.41) is 4.50. The van der Waals surface area contributed by atoms with Gasteiger partial charge in [-0.1, -0.05) is 0 Å². The molecule has 2 aromatic rings. The molecule has 1 aliphatic heterocycles. The molecule has 7 heteroatoms. The van der Waals surface area contributed by atoms with Gasteiger partial charge >= 0.3 is 5.69 Å². The molecule has 22 heavy (non-hydrogen) atoms. The maximum absolute atomic E-state index is 13.7. The highest BCUT2D eigenvalue weighted by Crippen LogP contribution is 2.66. The average molecular weight is 301 g/mol. The van der Waals surface area contributed by atoms with Gasteiger partial charge < -0.3 is 0 Å². The summed E-state index contributed by atoms with van der Waals surface area (Å²) in [7, 11) is 0. The minimum absolute atomic E-state index is 0.101. The van der Waals surface area contributed by atoms with Crippen LogP contribution >= 0.6 is 0 Å². The topological polar surface area (TPSA) is 65.6 Å². The first-order valence-corrected chi connectivity index (χ1v) is 7.68. The van der Waals surface area contributed by atoms with E-state index in [0.29, 0.717) is 19.3 Å². The van der Waals surface area contributed by atoms with Gasteiger partial charge in [-0.15, -0.1) is 0 Å². The van der Waals surface area contributed by atoms with Crippen LogP contribution in [0.3, 0.4) is 0 Å². The zero-order chi connectivity index (χ0) is 15.1. The molecule has 0 saturated heterocycles. The third-order valence-electron chi connectivity index (χ3n) is 5.36. The lowest BCUT2D eigenvalue weighted by molar-refractivity contribution is -0.205. The molecule has 0 radical (unpaired) electrons. The first kappa shape index (κ1) is 12.5. The molecule has 3 saturated carbocycles. The lowest BCUT2D eigenvalue weighted by Crippen LogP contribution is -2.72. The summed E-state index contributed by atoms with van der Waals surface area (Å²) in [6.45, 7) is 1.89. The maximum atomic E-state index is 13.7. The fraction of sp³-hybridized carbons (Fsp3) is 0.600. The van der Waals surface area contributed by atoms with Crippen LogP contribution in [-0.2, 0) is 12.0 Å². The fourth-order valence-corrected chi connectivity index (χ4v) is 4.30. The highest BCUT2D eigenvalue weighted by molar-refractivity contribution is 5.23. The number of aromatic nitrogens is 5. The van der Waals surface area contributed by atoms with E-state index in [1.807, 2.05) is 6.92 Å². The number of halogens is 1. The van der Waals surface area contributed by atoms with Gasteiger partial charge in [0.15, 0.2) is 0 Å². The summed E-state index contributed by atoms with van der Waals surface area (Å²) in [5.74, 6) is 0.787. The number of nitrogens with zero attached hydrogens (tertiary/aromatic N) is 5. The second-order valence-electron chi connectivity index (χ2n) is 7.02. The Labute approximate surface area is 126 Å². The third kappa shape index (κ3) is 1.39. The van der Waals surface area contributed by atoms with Crippen molar-refractivity contribution in [2.75, 3.05) is 0 Å². The molecule has 0 spiro atoms. The van der Waals surface area contributed by atoms with Gasteiger partial charge in [0.1, 0.15) is 11.5 Å². The molecule has 3 fully saturated rings. The van der Waals surface area contributed by atoms with E-state index >= 15 is 0 Å². The van der Waals surface area contributed by atoms with Crippen molar-refractivity contribution in [1.29, 1.82) is 0 Å². The normalized spacial score (nSPS) is 34.9. The van der Waals surface area contributed by atoms with Crippen molar-refractivity contribution in [2.45, 2.75) is 56.3 Å². The minimum atomic E-state index is -1.03. The van der Waals surface area contributed by atoms with E-state index in [0.717, 1.165) is 30.1 Å². The van der Waals surface area contributed by atoms with Gasteiger partial charge in [0.2, 0.25) is 0 Å². The molecule has 6 nitrogen and oxygen atoms in total. The van der Waals surface area contributed by atoms with Gasteiger partial charge in [0.05, 0.1) is 29.2 Å². The van der Waals surface area contributed by atoms with E-state index in [2.05, 4.69) is 15.1 Å². The van der Waals surface area contributed by atoms with E-state index in [9.17, 15) is 9.18 Å². The number of hydrogen-bond acceptors (Lipinski definition) is 4. The second kappa shape index (κ2) is 3.64. The molecule has 1 atom stereocenters. The van der Waals surface area contributed by atoms with Crippen molar-refractivity contribution in [3.05, 3.63) is 40.1 Å². The Morgan fingerprint density at radius 2 is 2.05 bits per heavy atom. The molecule has 3 aliphatic carbocycles. The van der Waals surface area contributed by atoms with Crippen molar-refractivity contribution in [3.8, 4) is 0 Å². The van der Waals surface area contributed by atoms with E-state index in [-0.39, 0.29) is 17.3 Å². The highest BCUT2D eigenvalue weighted by Gasteiger charge is 2.71. The van der Waals surface area contributed by atoms with Crippen molar-refractivity contribution in [1.82, 2.24) is 24.3 Å². The lowest BCUT2D eigenvalue weighted by atomic mass is 9.47. The average Bonchev–Trinajstić information content (AvgIpc) is 2.97. The largest absolute Gasteiger partial charge is 0.347 e. The summed E-state index contributed by atoms with van der Waals surface area (Å²) in [4.78, 5) is 21.5. The molecule has 114 valence electrons. The zero-order valence-electron chi connectivity index (χ0n) is 12.3. The molecule has 2 aromatic heterocycles. The highest BCUT2D eigenvalue weighted by atomic mass is 19.1. The lowest BCUT2D eigenvalue weighted by Gasteiger charge is -2.64. The second-order valence-corrected chi connectivity index (χ2v) is 7.02. The van der Waals surface area contributed by atoms with Crippen LogP contribution in [0.1, 0.15) is 48.9 Å². The van der Waals surface area contributed by atoms with Crippen molar-refractivity contribution >= 4 is 0 Å². The maximum Gasteiger partial charge on any atom is 0.347 e. The Morgan fingerprint density at radius 1 is 1.27 bits per heavy atom. The van der Waals surface area contributed by atoms with Gasteiger partial charge in [-0.2, -0.15) is 5.10 Å². The van der Waals surface area contributed by atoms with Crippen LogP contribution in [0.25, 0.3) is 0 Å². The number of aryl methyl sites for hydroxylation is 2. The van der Waals surface area contributed by atoms with Crippen molar-refractivity contribution in [2.24, 2.45) is 0 Å². The smallest absolute Gasteiger partial charge is 0.270 e. The summed E-state index contributed by atoms with van der Waals surface area (Å²) in [6, 6.07) is -0.101. The van der Waals surface area contributed by atoms with Crippen LogP contribution in [-0.4, -0.2) is 30.0 Å². The Balaban J connectivity index is 1.56. The Kier molecular flexibility index (Phi) is 2.07. The van der Waals surface area contributed by atoms with Crippen LogP contribution in [0.5, 0.6) is 0 Å². The minimum Gasteiger partial charge on any atom is -0.270 e. The van der Waals surface area contributed by atoms with E-state index in [4.69, 9.17) is 0 Å². The summed E-state index contributed by atoms with van der Waals surface area (Å²) < 4.78 is 17.0. The van der Waals surface area contributed by atoms with Crippen molar-refractivity contribution in [3.63, 3.8) is 0 Å². The predicted octanol–water partition coefficient (Wildman–Crippen LogP) is 1.28. The van der Waals surface area contributed by atoms with Gasteiger partial charge in [-0.3, -0.25) is 14.5 Å². The Bertz CT molecular complexity index is 817. The first-order valence-electron chi connectivity index (χ1n) is 7.68. The fourth-order valence-electron chi connectivity index (χ4n) is 4.30. The molecule has 0 N–H and O–H groups in total. The quantitative estimate of drug-likeness (QED) is 0.838.